The number of urea groups is 1. The molecule has 21 heteroatoms. The summed E-state index contributed by atoms with van der Waals surface area (Å²) in [6.07, 6.45) is 3.63. The Morgan fingerprint density at radius 2 is 1.11 bits per heavy atom. The van der Waals surface area contributed by atoms with Gasteiger partial charge < -0.3 is 53.4 Å². The molecule has 1 aromatic carbocycles. The second-order valence-corrected chi connectivity index (χ2v) is 11.1. The summed E-state index contributed by atoms with van der Waals surface area (Å²) in [5, 5.41) is 27.7. The number of hydrogen-bond donors (Lipinski definition) is 10. The summed E-state index contributed by atoms with van der Waals surface area (Å²) in [6.45, 7) is 0.845. The molecule has 53 heavy (non-hydrogen) atoms. The molecule has 1 unspecified atom stereocenters. The summed E-state index contributed by atoms with van der Waals surface area (Å²) in [5.41, 5.74) is 6.06. The molecular weight excluding hydrogens is 700 g/mol. The highest BCUT2D eigenvalue weighted by Crippen LogP contribution is 2.11. The van der Waals surface area contributed by atoms with Crippen LogP contribution in [0.5, 0.6) is 0 Å². The van der Waals surface area contributed by atoms with E-state index in [4.69, 9.17) is 5.73 Å². The zero-order chi connectivity index (χ0) is 39.8. The number of carbonyl (C=O) groups excluding carboxylic acids is 10. The van der Waals surface area contributed by atoms with E-state index in [1.807, 2.05) is 0 Å². The molecule has 0 bridgehead atoms. The van der Waals surface area contributed by atoms with Gasteiger partial charge in [-0.1, -0.05) is 32.4 Å². The number of nitrogens with one attached hydrogen (secondary N) is 8. The summed E-state index contributed by atoms with van der Waals surface area (Å²) in [6, 6.07) is 4.51. The number of nitrogens with two attached hydrogens (primary N) is 1. The first kappa shape index (κ1) is 44.6. The number of anilines is 1. The largest absolute Gasteiger partial charge is 0.392 e. The van der Waals surface area contributed by atoms with Crippen LogP contribution in [0.15, 0.2) is 36.4 Å². The predicted molar refractivity (Wildman–Crippen MR) is 187 cm³/mol. The fourth-order valence-electron chi connectivity index (χ4n) is 3.89. The van der Waals surface area contributed by atoms with Gasteiger partial charge >= 0.3 is 6.03 Å². The van der Waals surface area contributed by atoms with Crippen molar-refractivity contribution >= 4 is 64.9 Å². The van der Waals surface area contributed by atoms with Crippen LogP contribution in [0.4, 0.5) is 10.5 Å². The van der Waals surface area contributed by atoms with Crippen LogP contribution >= 0.6 is 0 Å². The Labute approximate surface area is 304 Å². The maximum absolute atomic E-state index is 12.8. The Hall–Kier alpha value is -6.38. The van der Waals surface area contributed by atoms with E-state index in [0.29, 0.717) is 16.2 Å². The zero-order valence-electron chi connectivity index (χ0n) is 29.4. The number of aliphatic hydroxyl groups excluding tert-OH is 1. The highest BCUT2D eigenvalue weighted by molar-refractivity contribution is 6.14. The van der Waals surface area contributed by atoms with Crippen LogP contribution in [0.3, 0.4) is 0 Å². The van der Waals surface area contributed by atoms with E-state index >= 15 is 0 Å². The molecule has 0 spiro atoms. The quantitative estimate of drug-likeness (QED) is 0.0453. The molecule has 21 nitrogen and oxygen atoms in total. The molecule has 2 rings (SSSR count). The van der Waals surface area contributed by atoms with Crippen molar-refractivity contribution in [2.24, 2.45) is 5.73 Å². The molecular formula is C32H46N10O11. The Morgan fingerprint density at radius 1 is 0.679 bits per heavy atom. The number of hydrogen-bond acceptors (Lipinski definition) is 11. The Kier molecular flexibility index (Phi) is 20.8. The van der Waals surface area contributed by atoms with Crippen molar-refractivity contribution in [3.05, 3.63) is 42.0 Å². The Morgan fingerprint density at radius 3 is 1.55 bits per heavy atom. The number of carbonyl (C=O) groups is 10. The second-order valence-electron chi connectivity index (χ2n) is 11.1. The van der Waals surface area contributed by atoms with Gasteiger partial charge in [0.05, 0.1) is 39.3 Å². The van der Waals surface area contributed by atoms with Crippen LogP contribution in [0, 0.1) is 0 Å². The van der Waals surface area contributed by atoms with E-state index in [1.54, 1.807) is 24.3 Å². The van der Waals surface area contributed by atoms with Gasteiger partial charge in [-0.05, 0) is 30.5 Å². The lowest BCUT2D eigenvalue weighted by Crippen LogP contribution is -2.49. The van der Waals surface area contributed by atoms with Crippen molar-refractivity contribution in [1.29, 1.82) is 0 Å². The van der Waals surface area contributed by atoms with E-state index < -0.39 is 105 Å². The molecule has 0 saturated heterocycles. The molecule has 1 aliphatic heterocycles. The SMILES string of the molecule is CCC.NC(=O)NCCCC(NC(=O)CNC(=O)CNC(=O)CNC(=O)CNC(=O)CNC(=O)CN1C(=O)C=CC1=O)C(=O)Nc1ccc(CO)cc1. The van der Waals surface area contributed by atoms with E-state index in [-0.39, 0.29) is 26.0 Å². The molecule has 0 aromatic heterocycles. The first-order valence-electron chi connectivity index (χ1n) is 16.4. The molecule has 0 saturated carbocycles. The molecule has 11 amide bonds. The van der Waals surface area contributed by atoms with Crippen LogP contribution in [0.1, 0.15) is 38.7 Å². The van der Waals surface area contributed by atoms with Crippen LogP contribution < -0.4 is 48.3 Å². The minimum atomic E-state index is -1.06. The molecule has 1 aromatic rings. The van der Waals surface area contributed by atoms with Crippen LogP contribution in [-0.4, -0.2) is 121 Å². The zero-order valence-corrected chi connectivity index (χ0v) is 29.4. The number of primary amides is 1. The molecule has 0 radical (unpaired) electrons. The fraction of sp³-hybridized carbons (Fsp3) is 0.438. The number of amides is 11. The van der Waals surface area contributed by atoms with Crippen LogP contribution in [0.2, 0.25) is 0 Å². The summed E-state index contributed by atoms with van der Waals surface area (Å²) in [5.74, 6) is -6.50. The minimum Gasteiger partial charge on any atom is -0.392 e. The fourth-order valence-corrected chi connectivity index (χ4v) is 3.89. The van der Waals surface area contributed by atoms with E-state index in [2.05, 4.69) is 56.4 Å². The smallest absolute Gasteiger partial charge is 0.312 e. The van der Waals surface area contributed by atoms with Crippen molar-refractivity contribution < 1.29 is 53.1 Å². The third-order valence-electron chi connectivity index (χ3n) is 6.46. The lowest BCUT2D eigenvalue weighted by Gasteiger charge is -2.19. The maximum Gasteiger partial charge on any atom is 0.312 e. The van der Waals surface area contributed by atoms with Gasteiger partial charge in [0.25, 0.3) is 11.8 Å². The molecule has 0 aliphatic carbocycles. The summed E-state index contributed by atoms with van der Waals surface area (Å²) in [4.78, 5) is 120. The van der Waals surface area contributed by atoms with E-state index in [1.165, 1.54) is 6.42 Å². The Bertz CT molecular complexity index is 1500. The van der Waals surface area contributed by atoms with Gasteiger partial charge in [0, 0.05) is 24.4 Å². The molecule has 1 heterocycles. The van der Waals surface area contributed by atoms with Gasteiger partial charge in [-0.3, -0.25) is 48.1 Å². The summed E-state index contributed by atoms with van der Waals surface area (Å²) < 4.78 is 0. The average molecular weight is 747 g/mol. The van der Waals surface area contributed by atoms with Gasteiger partial charge in [-0.15, -0.1) is 0 Å². The number of nitrogens with zero attached hydrogens (tertiary/aromatic N) is 1. The van der Waals surface area contributed by atoms with Crippen molar-refractivity contribution in [3.8, 4) is 0 Å². The molecule has 1 atom stereocenters. The van der Waals surface area contributed by atoms with Gasteiger partial charge in [0.15, 0.2) is 0 Å². The standard InChI is InChI=1S/C29H38N10O11.C3H8/c30-29(50)31-9-1-2-19(28(49)37-18-5-3-17(16-40)4-6-18)38-24(45)14-35-22(43)12-33-20(41)10-32-21(42)11-34-23(44)13-36-25(46)15-39-26(47)7-8-27(39)48;1-3-2/h3-8,19,40H,1-2,9-16H2,(H,32,42)(H,33,41)(H,34,44)(H,35,43)(H,36,46)(H,37,49)(H,38,45)(H3,30,31,50);3H2,1-2H3. The molecule has 1 aliphatic rings. The van der Waals surface area contributed by atoms with Crippen molar-refractivity contribution in [2.45, 2.75) is 45.8 Å². The van der Waals surface area contributed by atoms with E-state index in [0.717, 1.165) is 12.2 Å². The van der Waals surface area contributed by atoms with Crippen LogP contribution in [-0.2, 0) is 49.8 Å². The van der Waals surface area contributed by atoms with Crippen LogP contribution in [0.25, 0.3) is 0 Å². The normalized spacial score (nSPS) is 11.9. The lowest BCUT2D eigenvalue weighted by molar-refractivity contribution is -0.141. The molecule has 290 valence electrons. The third-order valence-corrected chi connectivity index (χ3v) is 6.46. The van der Waals surface area contributed by atoms with Gasteiger partial charge in [0.1, 0.15) is 12.6 Å². The highest BCUT2D eigenvalue weighted by Gasteiger charge is 2.26. The first-order chi connectivity index (χ1) is 25.2. The van der Waals surface area contributed by atoms with Crippen molar-refractivity contribution in [3.63, 3.8) is 0 Å². The minimum absolute atomic E-state index is 0.103. The highest BCUT2D eigenvalue weighted by atomic mass is 16.3. The Balaban J connectivity index is 0.00000452. The summed E-state index contributed by atoms with van der Waals surface area (Å²) >= 11 is 0. The average Bonchev–Trinajstić information content (AvgIpc) is 3.44. The topological polar surface area (TPSA) is 316 Å². The lowest BCUT2D eigenvalue weighted by atomic mass is 10.1. The monoisotopic (exact) mass is 746 g/mol. The van der Waals surface area contributed by atoms with Gasteiger partial charge in [0.2, 0.25) is 41.4 Å². The second kappa shape index (κ2) is 24.7. The maximum atomic E-state index is 12.8. The first-order valence-corrected chi connectivity index (χ1v) is 16.4. The molecule has 11 N–H and O–H groups in total. The molecule has 0 fully saturated rings. The number of benzene rings is 1. The third kappa shape index (κ3) is 19.6. The predicted octanol–water partition coefficient (Wildman–Crippen LogP) is -4.03. The number of imide groups is 1. The number of rotatable bonds is 20. The van der Waals surface area contributed by atoms with Crippen molar-refractivity contribution in [2.75, 3.05) is 51.1 Å². The summed E-state index contributed by atoms with van der Waals surface area (Å²) in [7, 11) is 0. The van der Waals surface area contributed by atoms with Crippen molar-refractivity contribution in [1.82, 2.24) is 42.1 Å². The van der Waals surface area contributed by atoms with Gasteiger partial charge in [-0.2, -0.15) is 0 Å². The van der Waals surface area contributed by atoms with Gasteiger partial charge in [-0.25, -0.2) is 4.79 Å². The van der Waals surface area contributed by atoms with E-state index in [9.17, 15) is 53.1 Å². The number of aliphatic hydroxyl groups is 1.